The van der Waals surface area contributed by atoms with Crippen molar-refractivity contribution in [2.45, 2.75) is 0 Å². The third kappa shape index (κ3) is 6.04. The summed E-state index contributed by atoms with van der Waals surface area (Å²) in [4.78, 5) is 2.44. The molecule has 0 fully saturated rings. The SMILES string of the molecule is c1ccc(-c2cc(-c3ccccc3)cc(N(c3cccc(-c4cccc5c4c4c6ccccc6ccc4n5-c4ccccc4)c3)c3ccc4c(ccc5ccccc54)c3)c2)cc1. The van der Waals surface area contributed by atoms with Gasteiger partial charge in [0.2, 0.25) is 0 Å². The Morgan fingerprint density at radius 3 is 1.55 bits per heavy atom. The molecule has 0 atom stereocenters. The van der Waals surface area contributed by atoms with Gasteiger partial charge in [-0.2, -0.15) is 0 Å². The molecule has 11 aromatic carbocycles. The van der Waals surface area contributed by atoms with E-state index < -0.39 is 0 Å². The molecule has 2 nitrogen and oxygen atoms in total. The average molecular weight is 789 g/mol. The molecule has 2 heteroatoms. The van der Waals surface area contributed by atoms with Crippen molar-refractivity contribution in [2.75, 3.05) is 4.90 Å². The largest absolute Gasteiger partial charge is 0.310 e. The number of hydrogen-bond acceptors (Lipinski definition) is 1. The van der Waals surface area contributed by atoms with Crippen molar-refractivity contribution in [1.82, 2.24) is 4.57 Å². The zero-order valence-corrected chi connectivity index (χ0v) is 34.0. The van der Waals surface area contributed by atoms with Crippen LogP contribution in [0.1, 0.15) is 0 Å². The van der Waals surface area contributed by atoms with E-state index in [9.17, 15) is 0 Å². The fraction of sp³-hybridized carbons (Fsp3) is 0. The Balaban J connectivity index is 1.12. The van der Waals surface area contributed by atoms with E-state index in [0.717, 1.165) is 28.3 Å². The number of benzene rings is 11. The zero-order chi connectivity index (χ0) is 41.0. The second kappa shape index (κ2) is 14.8. The molecule has 62 heavy (non-hydrogen) atoms. The number of nitrogens with zero attached hydrogens (tertiary/aromatic N) is 2. The molecule has 0 N–H and O–H groups in total. The fourth-order valence-electron chi connectivity index (χ4n) is 9.66. The van der Waals surface area contributed by atoms with Crippen LogP contribution >= 0.6 is 0 Å². The van der Waals surface area contributed by atoms with Gasteiger partial charge in [0.15, 0.2) is 0 Å². The normalized spacial score (nSPS) is 11.5. The number of fused-ring (bicyclic) bond motifs is 8. The third-order valence-electron chi connectivity index (χ3n) is 12.5. The van der Waals surface area contributed by atoms with Gasteiger partial charge in [-0.1, -0.05) is 176 Å². The van der Waals surface area contributed by atoms with Crippen molar-refractivity contribution >= 4 is 71.2 Å². The van der Waals surface area contributed by atoms with Crippen LogP contribution < -0.4 is 4.90 Å². The molecule has 12 aromatic rings. The summed E-state index contributed by atoms with van der Waals surface area (Å²) in [6.07, 6.45) is 0. The number of aromatic nitrogens is 1. The van der Waals surface area contributed by atoms with Crippen LogP contribution in [0.4, 0.5) is 17.1 Å². The van der Waals surface area contributed by atoms with E-state index in [1.54, 1.807) is 0 Å². The van der Waals surface area contributed by atoms with Gasteiger partial charge in [0.25, 0.3) is 0 Å². The third-order valence-corrected chi connectivity index (χ3v) is 12.5. The van der Waals surface area contributed by atoms with Gasteiger partial charge in [0, 0.05) is 33.5 Å². The van der Waals surface area contributed by atoms with Gasteiger partial charge in [-0.3, -0.25) is 0 Å². The molecular formula is C60H40N2. The molecule has 1 aromatic heterocycles. The number of para-hydroxylation sites is 1. The lowest BCUT2D eigenvalue weighted by Gasteiger charge is -2.28. The molecule has 0 saturated carbocycles. The molecule has 0 spiro atoms. The summed E-state index contributed by atoms with van der Waals surface area (Å²) in [5.41, 5.74) is 13.9. The highest BCUT2D eigenvalue weighted by Crippen LogP contribution is 2.45. The van der Waals surface area contributed by atoms with Crippen molar-refractivity contribution in [3.05, 3.63) is 243 Å². The predicted octanol–water partition coefficient (Wildman–Crippen LogP) is 16.7. The first-order chi connectivity index (χ1) is 30.7. The van der Waals surface area contributed by atoms with Crippen LogP contribution in [-0.2, 0) is 0 Å². The summed E-state index contributed by atoms with van der Waals surface area (Å²) < 4.78 is 2.43. The van der Waals surface area contributed by atoms with E-state index in [2.05, 4.69) is 252 Å². The number of rotatable bonds is 7. The van der Waals surface area contributed by atoms with E-state index in [-0.39, 0.29) is 0 Å². The molecule has 0 aliphatic carbocycles. The maximum atomic E-state index is 2.44. The topological polar surface area (TPSA) is 8.17 Å². The first kappa shape index (κ1) is 35.7. The lowest BCUT2D eigenvalue weighted by molar-refractivity contribution is 1.18. The van der Waals surface area contributed by atoms with Gasteiger partial charge in [-0.25, -0.2) is 0 Å². The maximum absolute atomic E-state index is 2.44. The Morgan fingerprint density at radius 2 is 0.806 bits per heavy atom. The molecule has 0 aliphatic rings. The van der Waals surface area contributed by atoms with Crippen LogP contribution in [-0.4, -0.2) is 4.57 Å². The second-order valence-electron chi connectivity index (χ2n) is 16.1. The van der Waals surface area contributed by atoms with Crippen molar-refractivity contribution in [2.24, 2.45) is 0 Å². The van der Waals surface area contributed by atoms with E-state index in [1.165, 1.54) is 81.9 Å². The van der Waals surface area contributed by atoms with Gasteiger partial charge in [0.05, 0.1) is 11.0 Å². The molecule has 12 rings (SSSR count). The van der Waals surface area contributed by atoms with Gasteiger partial charge in [0.1, 0.15) is 0 Å². The van der Waals surface area contributed by atoms with Gasteiger partial charge >= 0.3 is 0 Å². The smallest absolute Gasteiger partial charge is 0.0547 e. The Kier molecular flexibility index (Phi) is 8.53. The van der Waals surface area contributed by atoms with Gasteiger partial charge in [-0.15, -0.1) is 0 Å². The zero-order valence-electron chi connectivity index (χ0n) is 34.0. The van der Waals surface area contributed by atoms with E-state index in [1.807, 2.05) is 0 Å². The van der Waals surface area contributed by atoms with Crippen LogP contribution in [0.3, 0.4) is 0 Å². The number of anilines is 3. The van der Waals surface area contributed by atoms with Gasteiger partial charge < -0.3 is 9.47 Å². The fourth-order valence-corrected chi connectivity index (χ4v) is 9.66. The molecular weight excluding hydrogens is 749 g/mol. The number of hydrogen-bond donors (Lipinski definition) is 0. The summed E-state index contributed by atoms with van der Waals surface area (Å²) in [6.45, 7) is 0. The molecule has 0 bridgehead atoms. The highest BCUT2D eigenvalue weighted by atomic mass is 15.1. The maximum Gasteiger partial charge on any atom is 0.0547 e. The molecule has 1 heterocycles. The summed E-state index contributed by atoms with van der Waals surface area (Å²) >= 11 is 0. The van der Waals surface area contributed by atoms with Gasteiger partial charge in [-0.05, 0) is 132 Å². The molecule has 0 amide bonds. The van der Waals surface area contributed by atoms with Crippen LogP contribution in [0.25, 0.3) is 93.2 Å². The first-order valence-corrected chi connectivity index (χ1v) is 21.3. The van der Waals surface area contributed by atoms with E-state index in [4.69, 9.17) is 0 Å². The van der Waals surface area contributed by atoms with Crippen LogP contribution in [0.2, 0.25) is 0 Å². The standard InChI is InChI=1S/C60H40N2/c1-4-16-41(17-5-1)47-36-48(42-18-6-2-7-19-42)40-52(39-47)61(51-33-34-54-46(38-51)31-30-43-20-10-12-26-53(43)54)50-25-14-22-45(37-50)56-28-15-29-57-60(56)59-55-27-13-11-21-44(55)32-35-58(59)62(57)49-23-8-3-9-24-49/h1-40H. The summed E-state index contributed by atoms with van der Waals surface area (Å²) in [5, 5.41) is 9.97. The quantitative estimate of drug-likeness (QED) is 0.146. The van der Waals surface area contributed by atoms with Crippen LogP contribution in [0.15, 0.2) is 243 Å². The Hall–Kier alpha value is -8.20. The van der Waals surface area contributed by atoms with Crippen molar-refractivity contribution in [3.8, 4) is 39.1 Å². The van der Waals surface area contributed by atoms with Crippen molar-refractivity contribution < 1.29 is 0 Å². The van der Waals surface area contributed by atoms with Crippen molar-refractivity contribution in [1.29, 1.82) is 0 Å². The Labute approximate surface area is 360 Å². The molecule has 0 radical (unpaired) electrons. The highest BCUT2D eigenvalue weighted by Gasteiger charge is 2.21. The summed E-state index contributed by atoms with van der Waals surface area (Å²) in [7, 11) is 0. The van der Waals surface area contributed by atoms with E-state index >= 15 is 0 Å². The molecule has 290 valence electrons. The monoisotopic (exact) mass is 788 g/mol. The lowest BCUT2D eigenvalue weighted by atomic mass is 9.95. The second-order valence-corrected chi connectivity index (χ2v) is 16.1. The minimum atomic E-state index is 1.08. The molecule has 0 aliphatic heterocycles. The van der Waals surface area contributed by atoms with E-state index in [0.29, 0.717) is 0 Å². The first-order valence-electron chi connectivity index (χ1n) is 21.3. The Morgan fingerprint density at radius 1 is 0.274 bits per heavy atom. The molecule has 0 unspecified atom stereocenters. The van der Waals surface area contributed by atoms with Crippen molar-refractivity contribution in [3.63, 3.8) is 0 Å². The van der Waals surface area contributed by atoms with Crippen LogP contribution in [0, 0.1) is 0 Å². The highest BCUT2D eigenvalue weighted by molar-refractivity contribution is 6.25. The molecule has 0 saturated heterocycles. The summed E-state index contributed by atoms with van der Waals surface area (Å²) in [6, 6.07) is 88.6. The summed E-state index contributed by atoms with van der Waals surface area (Å²) in [5.74, 6) is 0. The Bertz CT molecular complexity index is 3570. The predicted molar refractivity (Wildman–Crippen MR) is 264 cm³/mol. The van der Waals surface area contributed by atoms with Crippen LogP contribution in [0.5, 0.6) is 0 Å². The lowest BCUT2D eigenvalue weighted by Crippen LogP contribution is -2.10. The minimum Gasteiger partial charge on any atom is -0.310 e. The minimum absolute atomic E-state index is 1.08. The average Bonchev–Trinajstić information content (AvgIpc) is 3.70.